The number of nitrogens with zero attached hydrogens (tertiary/aromatic N) is 4. The fourth-order valence-corrected chi connectivity index (χ4v) is 3.47. The summed E-state index contributed by atoms with van der Waals surface area (Å²) in [4.78, 5) is 8.21. The van der Waals surface area contributed by atoms with Crippen LogP contribution in [-0.4, -0.2) is 37.9 Å². The van der Waals surface area contributed by atoms with Gasteiger partial charge in [-0.3, -0.25) is 0 Å². The van der Waals surface area contributed by atoms with Crippen molar-refractivity contribution >= 4 is 23.0 Å². The third-order valence-electron chi connectivity index (χ3n) is 4.52. The van der Waals surface area contributed by atoms with Crippen LogP contribution in [0.4, 0.5) is 8.78 Å². The van der Waals surface area contributed by atoms with Gasteiger partial charge in [-0.05, 0) is 12.0 Å². The number of aliphatic hydroxyl groups excluding tert-OH is 1. The highest BCUT2D eigenvalue weighted by atomic mass is 35.5. The minimum atomic E-state index is -0.848. The van der Waals surface area contributed by atoms with E-state index < -0.39 is 11.6 Å². The zero-order valence-corrected chi connectivity index (χ0v) is 16.5. The molecule has 0 bridgehead atoms. The van der Waals surface area contributed by atoms with Crippen LogP contribution in [-0.2, 0) is 0 Å². The first kappa shape index (κ1) is 20.2. The Labute approximate surface area is 175 Å². The first-order valence-corrected chi connectivity index (χ1v) is 9.63. The number of benzene rings is 1. The van der Waals surface area contributed by atoms with Crippen molar-refractivity contribution in [2.24, 2.45) is 0 Å². The summed E-state index contributed by atoms with van der Waals surface area (Å²) < 4.78 is 36.9. The molecule has 1 aliphatic rings. The molecule has 3 aromatic rings. The lowest BCUT2D eigenvalue weighted by Gasteiger charge is -2.16. The highest BCUT2D eigenvalue weighted by molar-refractivity contribution is 6.32. The number of ether oxygens (including phenoxy) is 1. The predicted octanol–water partition coefficient (Wildman–Crippen LogP) is 4.38. The first-order chi connectivity index (χ1) is 14.6. The molecule has 2 aromatic heterocycles. The van der Waals surface area contributed by atoms with Crippen molar-refractivity contribution in [3.63, 3.8) is 0 Å². The molecule has 0 amide bonds. The molecule has 4 rings (SSSR count). The van der Waals surface area contributed by atoms with Crippen LogP contribution >= 0.6 is 11.6 Å². The van der Waals surface area contributed by atoms with Crippen molar-refractivity contribution in [3.05, 3.63) is 71.3 Å². The van der Waals surface area contributed by atoms with Crippen molar-refractivity contribution in [3.8, 4) is 16.9 Å². The third-order valence-corrected chi connectivity index (χ3v) is 4.79. The first-order valence-electron chi connectivity index (χ1n) is 9.25. The second-order valence-electron chi connectivity index (χ2n) is 6.49. The molecular weight excluding hydrogens is 414 g/mol. The third kappa shape index (κ3) is 3.83. The van der Waals surface area contributed by atoms with Crippen molar-refractivity contribution in [2.45, 2.75) is 12.8 Å². The van der Waals surface area contributed by atoms with E-state index in [4.69, 9.17) is 21.4 Å². The molecule has 30 heavy (non-hydrogen) atoms. The number of fused-ring (bicyclic) bond motifs is 1. The van der Waals surface area contributed by atoms with E-state index in [1.807, 2.05) is 30.4 Å². The molecule has 0 spiro atoms. The highest BCUT2D eigenvalue weighted by Gasteiger charge is 2.25. The Morgan fingerprint density at radius 2 is 1.93 bits per heavy atom. The molecule has 9 heteroatoms. The second kappa shape index (κ2) is 8.73. The van der Waals surface area contributed by atoms with Crippen LogP contribution in [0, 0.1) is 11.6 Å². The number of allylic oxidation sites excluding steroid dienone is 6. The lowest BCUT2D eigenvalue weighted by atomic mass is 9.97. The van der Waals surface area contributed by atoms with E-state index >= 15 is 8.78 Å². The molecule has 0 radical (unpaired) electrons. The maximum absolute atomic E-state index is 15.1. The SMILES string of the molecule is OCCCOc1cc(F)c(-c2c(Cl)nc3ncnn3c2C2=CC=CC=CC2)c(F)c1. The normalized spacial score (nSPS) is 13.5. The number of aliphatic hydroxyl groups is 1. The number of rotatable bonds is 6. The topological polar surface area (TPSA) is 72.5 Å². The lowest BCUT2D eigenvalue weighted by molar-refractivity contribution is 0.233. The summed E-state index contributed by atoms with van der Waals surface area (Å²) in [5.41, 5.74) is 0.913. The molecule has 6 nitrogen and oxygen atoms in total. The molecule has 1 aliphatic carbocycles. The van der Waals surface area contributed by atoms with E-state index in [2.05, 4.69) is 15.1 Å². The quantitative estimate of drug-likeness (QED) is 0.464. The second-order valence-corrected chi connectivity index (χ2v) is 6.85. The van der Waals surface area contributed by atoms with E-state index in [1.165, 1.54) is 10.8 Å². The largest absolute Gasteiger partial charge is 0.493 e. The average Bonchev–Trinajstić information content (AvgIpc) is 3.00. The van der Waals surface area contributed by atoms with Crippen LogP contribution < -0.4 is 4.74 Å². The van der Waals surface area contributed by atoms with Gasteiger partial charge in [0.2, 0.25) is 0 Å². The molecule has 154 valence electrons. The van der Waals surface area contributed by atoms with Crippen molar-refractivity contribution in [1.29, 1.82) is 0 Å². The fourth-order valence-electron chi connectivity index (χ4n) is 3.21. The summed E-state index contributed by atoms with van der Waals surface area (Å²) >= 11 is 6.40. The monoisotopic (exact) mass is 430 g/mol. The van der Waals surface area contributed by atoms with E-state index in [0.29, 0.717) is 18.5 Å². The minimum absolute atomic E-state index is 0.0224. The number of halogens is 3. The van der Waals surface area contributed by atoms with Gasteiger partial charge in [-0.1, -0.05) is 42.0 Å². The lowest BCUT2D eigenvalue weighted by Crippen LogP contribution is -2.07. The maximum atomic E-state index is 15.1. The Hall–Kier alpha value is -3.10. The van der Waals surface area contributed by atoms with Gasteiger partial charge in [0.25, 0.3) is 5.78 Å². The number of hydrogen-bond donors (Lipinski definition) is 1. The molecule has 0 fully saturated rings. The van der Waals surface area contributed by atoms with Gasteiger partial charge in [-0.15, -0.1) is 0 Å². The van der Waals surface area contributed by atoms with Crippen LogP contribution in [0.5, 0.6) is 5.75 Å². The molecule has 0 saturated carbocycles. The van der Waals surface area contributed by atoms with Gasteiger partial charge in [-0.2, -0.15) is 19.6 Å². The van der Waals surface area contributed by atoms with Crippen LogP contribution in [0.3, 0.4) is 0 Å². The average molecular weight is 431 g/mol. The van der Waals surface area contributed by atoms with Crippen LogP contribution in [0.25, 0.3) is 22.5 Å². The Kier molecular flexibility index (Phi) is 5.87. The summed E-state index contributed by atoms with van der Waals surface area (Å²) in [5.74, 6) is -1.45. The molecule has 1 aromatic carbocycles. The minimum Gasteiger partial charge on any atom is -0.493 e. The Balaban J connectivity index is 1.92. The van der Waals surface area contributed by atoms with Crippen LogP contribution in [0.1, 0.15) is 18.5 Å². The van der Waals surface area contributed by atoms with Gasteiger partial charge in [-0.25, -0.2) is 8.78 Å². The summed E-state index contributed by atoms with van der Waals surface area (Å²) in [7, 11) is 0. The Bertz CT molecular complexity index is 1160. The molecule has 0 atom stereocenters. The summed E-state index contributed by atoms with van der Waals surface area (Å²) in [6.07, 6.45) is 11.5. The Morgan fingerprint density at radius 1 is 1.13 bits per heavy atom. The van der Waals surface area contributed by atoms with Gasteiger partial charge >= 0.3 is 0 Å². The molecule has 0 unspecified atom stereocenters. The van der Waals surface area contributed by atoms with Gasteiger partial charge in [0.05, 0.1) is 23.4 Å². The van der Waals surface area contributed by atoms with E-state index in [0.717, 1.165) is 17.7 Å². The van der Waals surface area contributed by atoms with E-state index in [1.54, 1.807) is 0 Å². The van der Waals surface area contributed by atoms with Gasteiger partial charge in [0.15, 0.2) is 0 Å². The Morgan fingerprint density at radius 3 is 2.70 bits per heavy atom. The maximum Gasteiger partial charge on any atom is 0.254 e. The molecule has 0 aliphatic heterocycles. The standard InChI is InChI=1S/C21H17ClF2N4O2/c22-20-18(17-15(23)10-14(11-16(17)24)30-9-5-8-29)19(13-6-3-1-2-4-7-13)28-21(27-20)25-12-26-28/h1-4,6,10-12,29H,5,7-9H2. The van der Waals surface area contributed by atoms with Crippen LogP contribution in [0.15, 0.2) is 48.8 Å². The van der Waals surface area contributed by atoms with Gasteiger partial charge in [0.1, 0.15) is 28.9 Å². The summed E-state index contributed by atoms with van der Waals surface area (Å²) in [5, 5.41) is 12.9. The molecule has 1 N–H and O–H groups in total. The summed E-state index contributed by atoms with van der Waals surface area (Å²) in [6, 6.07) is 2.17. The highest BCUT2D eigenvalue weighted by Crippen LogP contribution is 2.39. The molecule has 2 heterocycles. The molecule has 0 saturated heterocycles. The smallest absolute Gasteiger partial charge is 0.254 e. The number of hydrogen-bond acceptors (Lipinski definition) is 5. The van der Waals surface area contributed by atoms with Gasteiger partial charge in [0, 0.05) is 25.2 Å². The van der Waals surface area contributed by atoms with E-state index in [9.17, 15) is 0 Å². The number of aromatic nitrogens is 4. The molecular formula is C21H17ClF2N4O2. The summed E-state index contributed by atoms with van der Waals surface area (Å²) in [6.45, 7) is 0.0579. The van der Waals surface area contributed by atoms with E-state index in [-0.39, 0.29) is 41.0 Å². The van der Waals surface area contributed by atoms with Crippen molar-refractivity contribution < 1.29 is 18.6 Å². The zero-order valence-electron chi connectivity index (χ0n) is 15.7. The van der Waals surface area contributed by atoms with Crippen molar-refractivity contribution in [1.82, 2.24) is 19.6 Å². The van der Waals surface area contributed by atoms with Gasteiger partial charge < -0.3 is 9.84 Å². The van der Waals surface area contributed by atoms with Crippen LogP contribution in [0.2, 0.25) is 5.15 Å². The fraction of sp³-hybridized carbons (Fsp3) is 0.190. The van der Waals surface area contributed by atoms with Crippen molar-refractivity contribution in [2.75, 3.05) is 13.2 Å². The zero-order chi connectivity index (χ0) is 21.1. The predicted molar refractivity (Wildman–Crippen MR) is 109 cm³/mol.